The van der Waals surface area contributed by atoms with Crippen molar-refractivity contribution < 1.29 is 19.0 Å². The van der Waals surface area contributed by atoms with Gasteiger partial charge < -0.3 is 20.1 Å². The molecule has 4 aromatic rings. The summed E-state index contributed by atoms with van der Waals surface area (Å²) in [6, 6.07) is 8.10. The van der Waals surface area contributed by atoms with E-state index in [1.54, 1.807) is 37.4 Å². The molecule has 0 aliphatic heterocycles. The molecule has 10 nitrogen and oxygen atoms in total. The lowest BCUT2D eigenvalue weighted by Crippen LogP contribution is -2.32. The molecule has 1 aliphatic rings. The first-order chi connectivity index (χ1) is 19.2. The molecule has 1 atom stereocenters. The van der Waals surface area contributed by atoms with Gasteiger partial charge in [-0.25, -0.2) is 24.1 Å². The lowest BCUT2D eigenvalue weighted by molar-refractivity contribution is 0.0249. The van der Waals surface area contributed by atoms with Crippen molar-refractivity contribution >= 4 is 34.7 Å². The quantitative estimate of drug-likeness (QED) is 0.219. The van der Waals surface area contributed by atoms with E-state index in [-0.39, 0.29) is 11.5 Å². The summed E-state index contributed by atoms with van der Waals surface area (Å²) in [6.45, 7) is 2.33. The Balaban J connectivity index is 1.85. The SMILES string of the molecule is COC(C)(c1ccccc1F)c1nc2nc(/C(N)=N/C(=O)O)nc(-c3cncc(Cl)c3)c2n1CC1CCCCC1. The minimum atomic E-state index is -1.48. The number of amidine groups is 1. The smallest absolute Gasteiger partial charge is 0.433 e. The van der Waals surface area contributed by atoms with E-state index in [2.05, 4.69) is 19.9 Å². The summed E-state index contributed by atoms with van der Waals surface area (Å²) in [5.41, 5.74) is 6.70. The predicted molar refractivity (Wildman–Crippen MR) is 149 cm³/mol. The number of hydrogen-bond donors (Lipinski definition) is 2. The van der Waals surface area contributed by atoms with Gasteiger partial charge in [0.15, 0.2) is 22.9 Å². The molecule has 1 fully saturated rings. The molecule has 3 aromatic heterocycles. The van der Waals surface area contributed by atoms with Gasteiger partial charge in [0.2, 0.25) is 0 Å². The summed E-state index contributed by atoms with van der Waals surface area (Å²) >= 11 is 6.29. The zero-order valence-electron chi connectivity index (χ0n) is 22.1. The maximum atomic E-state index is 15.2. The van der Waals surface area contributed by atoms with E-state index in [0.29, 0.717) is 45.6 Å². The lowest BCUT2D eigenvalue weighted by Gasteiger charge is -2.31. The van der Waals surface area contributed by atoms with Gasteiger partial charge >= 0.3 is 6.09 Å². The number of nitrogens with zero attached hydrogens (tertiary/aromatic N) is 6. The van der Waals surface area contributed by atoms with Gasteiger partial charge in [-0.2, -0.15) is 4.99 Å². The molecule has 208 valence electrons. The first-order valence-electron chi connectivity index (χ1n) is 13.0. The Kier molecular flexibility index (Phi) is 7.77. The lowest BCUT2D eigenvalue weighted by atomic mass is 9.88. The maximum absolute atomic E-state index is 15.2. The van der Waals surface area contributed by atoms with E-state index < -0.39 is 23.3 Å². The largest absolute Gasteiger partial charge is 0.463 e. The Morgan fingerprint density at radius 1 is 1.23 bits per heavy atom. The number of pyridine rings is 1. The van der Waals surface area contributed by atoms with Gasteiger partial charge in [0.1, 0.15) is 22.9 Å². The fourth-order valence-electron chi connectivity index (χ4n) is 5.39. The van der Waals surface area contributed by atoms with Crippen LogP contribution < -0.4 is 5.73 Å². The van der Waals surface area contributed by atoms with Crippen LogP contribution in [0.25, 0.3) is 22.4 Å². The van der Waals surface area contributed by atoms with Crippen molar-refractivity contribution in [2.75, 3.05) is 7.11 Å². The number of hydrogen-bond acceptors (Lipinski definition) is 6. The number of fused-ring (bicyclic) bond motifs is 1. The minimum absolute atomic E-state index is 0.122. The van der Waals surface area contributed by atoms with Crippen molar-refractivity contribution in [3.63, 3.8) is 0 Å². The second kappa shape index (κ2) is 11.3. The molecule has 0 spiro atoms. The molecule has 1 saturated carbocycles. The van der Waals surface area contributed by atoms with Gasteiger partial charge in [0.25, 0.3) is 0 Å². The number of carboxylic acid groups (broad SMARTS) is 1. The second-order valence-corrected chi connectivity index (χ2v) is 10.4. The molecule has 40 heavy (non-hydrogen) atoms. The van der Waals surface area contributed by atoms with E-state index in [1.165, 1.54) is 25.8 Å². The third-order valence-electron chi connectivity index (χ3n) is 7.41. The third kappa shape index (κ3) is 5.26. The first-order valence-corrected chi connectivity index (χ1v) is 13.4. The average molecular weight is 566 g/mol. The van der Waals surface area contributed by atoms with Gasteiger partial charge in [0, 0.05) is 37.2 Å². The Morgan fingerprint density at radius 3 is 2.65 bits per heavy atom. The molecule has 0 saturated heterocycles. The van der Waals surface area contributed by atoms with Gasteiger partial charge in [-0.05, 0) is 37.8 Å². The van der Waals surface area contributed by atoms with Crippen LogP contribution in [0, 0.1) is 11.7 Å². The first kappa shape index (κ1) is 27.6. The van der Waals surface area contributed by atoms with Crippen LogP contribution >= 0.6 is 11.6 Å². The number of halogens is 2. The molecule has 1 aromatic carbocycles. The number of aromatic nitrogens is 5. The van der Waals surface area contributed by atoms with E-state index in [0.717, 1.165) is 25.7 Å². The number of methoxy groups -OCH3 is 1. The second-order valence-electron chi connectivity index (χ2n) is 10.0. The van der Waals surface area contributed by atoms with Crippen LogP contribution in [-0.2, 0) is 16.9 Å². The molecule has 5 rings (SSSR count). The van der Waals surface area contributed by atoms with Crippen LogP contribution in [0.15, 0.2) is 47.7 Å². The zero-order chi connectivity index (χ0) is 28.4. The molecule has 12 heteroatoms. The number of carbonyl (C=O) groups is 1. The summed E-state index contributed by atoms with van der Waals surface area (Å²) in [6.07, 6.45) is 7.10. The molecule has 1 amide bonds. The zero-order valence-corrected chi connectivity index (χ0v) is 22.9. The van der Waals surface area contributed by atoms with E-state index in [9.17, 15) is 9.90 Å². The standard InChI is InChI=1S/C28H29ClFN7O3/c1-28(40-2,19-10-6-7-11-20(19)30)26-36-24-22(37(26)15-16-8-4-3-5-9-16)21(17-12-18(29)14-32-13-17)33-25(35-24)23(31)34-27(38)39/h6-7,10-14,16H,3-5,8-9,15H2,1-2H3,(H2,31,34)(H,38,39). The topological polar surface area (TPSA) is 141 Å². The van der Waals surface area contributed by atoms with E-state index in [4.69, 9.17) is 27.1 Å². The maximum Gasteiger partial charge on any atom is 0.433 e. The number of imidazole rings is 1. The molecular formula is C28H29ClFN7O3. The molecule has 3 heterocycles. The fraction of sp³-hybridized carbons (Fsp3) is 0.357. The summed E-state index contributed by atoms with van der Waals surface area (Å²) in [4.78, 5) is 32.9. The Bertz CT molecular complexity index is 1600. The number of rotatable bonds is 7. The number of amides is 1. The average Bonchev–Trinajstić information content (AvgIpc) is 3.31. The van der Waals surface area contributed by atoms with Crippen LogP contribution in [0.2, 0.25) is 5.02 Å². The van der Waals surface area contributed by atoms with Gasteiger partial charge in [-0.3, -0.25) is 4.98 Å². The summed E-state index contributed by atoms with van der Waals surface area (Å²) < 4.78 is 23.2. The summed E-state index contributed by atoms with van der Waals surface area (Å²) in [5, 5.41) is 9.56. The Labute approximate surface area is 235 Å². The van der Waals surface area contributed by atoms with Gasteiger partial charge in [0.05, 0.1) is 5.02 Å². The van der Waals surface area contributed by atoms with Crippen molar-refractivity contribution in [2.24, 2.45) is 16.6 Å². The molecule has 3 N–H and O–H groups in total. The summed E-state index contributed by atoms with van der Waals surface area (Å²) in [5.74, 6) is -0.180. The van der Waals surface area contributed by atoms with Crippen molar-refractivity contribution in [1.29, 1.82) is 0 Å². The molecule has 0 bridgehead atoms. The third-order valence-corrected chi connectivity index (χ3v) is 7.62. The molecule has 1 unspecified atom stereocenters. The van der Waals surface area contributed by atoms with E-state index >= 15 is 4.39 Å². The number of ether oxygens (including phenoxy) is 1. The highest BCUT2D eigenvalue weighted by Gasteiger charge is 2.38. The highest BCUT2D eigenvalue weighted by atomic mass is 35.5. The van der Waals surface area contributed by atoms with Crippen molar-refractivity contribution in [3.05, 3.63) is 70.8 Å². The Morgan fingerprint density at radius 2 is 1.98 bits per heavy atom. The van der Waals surface area contributed by atoms with Crippen LogP contribution in [0.4, 0.5) is 9.18 Å². The number of nitrogens with two attached hydrogens (primary N) is 1. The number of benzene rings is 1. The summed E-state index contributed by atoms with van der Waals surface area (Å²) in [7, 11) is 1.51. The Hall–Kier alpha value is -3.96. The monoisotopic (exact) mass is 565 g/mol. The number of aliphatic imine (C=N–C) groups is 1. The molecular weight excluding hydrogens is 537 g/mol. The molecule has 1 aliphatic carbocycles. The highest BCUT2D eigenvalue weighted by Crippen LogP contribution is 2.39. The highest BCUT2D eigenvalue weighted by molar-refractivity contribution is 6.30. The fourth-order valence-corrected chi connectivity index (χ4v) is 5.56. The van der Waals surface area contributed by atoms with Crippen LogP contribution in [-0.4, -0.2) is 48.6 Å². The van der Waals surface area contributed by atoms with Crippen molar-refractivity contribution in [3.8, 4) is 11.3 Å². The van der Waals surface area contributed by atoms with Crippen LogP contribution in [0.1, 0.15) is 56.2 Å². The molecule has 0 radical (unpaired) electrons. The van der Waals surface area contributed by atoms with Crippen LogP contribution in [0.3, 0.4) is 0 Å². The normalized spacial score (nSPS) is 16.2. The van der Waals surface area contributed by atoms with Crippen molar-refractivity contribution in [1.82, 2.24) is 24.5 Å². The van der Waals surface area contributed by atoms with Gasteiger partial charge in [-0.15, -0.1) is 0 Å². The predicted octanol–water partition coefficient (Wildman–Crippen LogP) is 5.55. The van der Waals surface area contributed by atoms with E-state index in [1.807, 2.05) is 4.57 Å². The van der Waals surface area contributed by atoms with Crippen molar-refractivity contribution in [2.45, 2.75) is 51.2 Å². The minimum Gasteiger partial charge on any atom is -0.463 e. The van der Waals surface area contributed by atoms with Gasteiger partial charge in [-0.1, -0.05) is 49.1 Å². The van der Waals surface area contributed by atoms with Crippen LogP contribution in [0.5, 0.6) is 0 Å².